The second-order valence-electron chi connectivity index (χ2n) is 3.46. The van der Waals surface area contributed by atoms with Gasteiger partial charge in [0.15, 0.2) is 0 Å². The molecule has 2 rings (SSSR count). The third-order valence-corrected chi connectivity index (χ3v) is 4.79. The third kappa shape index (κ3) is 3.46. The summed E-state index contributed by atoms with van der Waals surface area (Å²) in [7, 11) is 0. The molecule has 0 spiro atoms. The Morgan fingerprint density at radius 3 is 2.11 bits per heavy atom. The molecule has 0 saturated carbocycles. The Morgan fingerprint density at radius 2 is 1.61 bits per heavy atom. The van der Waals surface area contributed by atoms with Gasteiger partial charge in [0, 0.05) is 14.6 Å². The number of aromatic amines is 1. The number of benzene rings is 1. The van der Waals surface area contributed by atoms with Crippen molar-refractivity contribution in [3.05, 3.63) is 48.0 Å². The van der Waals surface area contributed by atoms with Crippen LogP contribution in [-0.2, 0) is 0 Å². The number of hydrogen-bond donors (Lipinski definition) is 2. The van der Waals surface area contributed by atoms with Gasteiger partial charge in [0.2, 0.25) is 0 Å². The van der Waals surface area contributed by atoms with Gasteiger partial charge >= 0.3 is 0 Å². The Hall–Kier alpha value is -0.110. The van der Waals surface area contributed by atoms with Crippen LogP contribution in [0.15, 0.2) is 42.3 Å². The maximum atomic E-state index is 12.0. The number of H-pyrrole nitrogens is 1. The average Bonchev–Trinajstić information content (AvgIpc) is 2.57. The van der Waals surface area contributed by atoms with Crippen molar-refractivity contribution in [3.8, 4) is 0 Å². The van der Waals surface area contributed by atoms with Crippen molar-refractivity contribution in [2.24, 2.45) is 0 Å². The van der Waals surface area contributed by atoms with Crippen LogP contribution in [0.3, 0.4) is 0 Å². The number of rotatable bonds is 2. The third-order valence-electron chi connectivity index (χ3n) is 2.09. The number of nitrogens with one attached hydrogen (secondary N) is 2. The molecule has 2 N–H and O–H groups in total. The molecule has 0 aliphatic carbocycles. The van der Waals surface area contributed by atoms with Crippen LogP contribution in [-0.4, -0.2) is 10.9 Å². The van der Waals surface area contributed by atoms with E-state index in [4.69, 9.17) is 0 Å². The van der Waals surface area contributed by atoms with Crippen LogP contribution >= 0.6 is 63.7 Å². The molecular weight excluding hydrogens is 496 g/mol. The van der Waals surface area contributed by atoms with E-state index in [2.05, 4.69) is 74.0 Å². The summed E-state index contributed by atoms with van der Waals surface area (Å²) in [5.74, 6) is -0.202. The number of halogens is 4. The molecule has 1 amide bonds. The molecule has 0 atom stereocenters. The zero-order chi connectivity index (χ0) is 13.3. The maximum absolute atomic E-state index is 12.0. The van der Waals surface area contributed by atoms with Crippen LogP contribution in [0, 0.1) is 0 Å². The highest BCUT2D eigenvalue weighted by Gasteiger charge is 2.11. The molecule has 1 aromatic heterocycles. The molecule has 0 bridgehead atoms. The van der Waals surface area contributed by atoms with E-state index in [0.717, 1.165) is 18.0 Å². The van der Waals surface area contributed by atoms with Gasteiger partial charge in [-0.3, -0.25) is 4.79 Å². The molecule has 1 heterocycles. The minimum absolute atomic E-state index is 0.202. The molecule has 3 nitrogen and oxygen atoms in total. The van der Waals surface area contributed by atoms with Crippen LogP contribution < -0.4 is 5.32 Å². The molecule has 0 radical (unpaired) electrons. The molecule has 7 heteroatoms. The summed E-state index contributed by atoms with van der Waals surface area (Å²) in [4.78, 5) is 14.9. The Bertz CT molecular complexity index is 569. The molecule has 0 aliphatic heterocycles. The van der Waals surface area contributed by atoms with Crippen LogP contribution in [0.2, 0.25) is 0 Å². The van der Waals surface area contributed by atoms with E-state index >= 15 is 0 Å². The molecule has 2 aromatic rings. The number of carbonyl (C=O) groups is 1. The summed E-state index contributed by atoms with van der Waals surface area (Å²) < 4.78 is 3.33. The van der Waals surface area contributed by atoms with E-state index in [1.165, 1.54) is 0 Å². The van der Waals surface area contributed by atoms with Gasteiger partial charge in [-0.05, 0) is 56.1 Å². The van der Waals surface area contributed by atoms with Gasteiger partial charge in [-0.1, -0.05) is 31.9 Å². The lowest BCUT2D eigenvalue weighted by atomic mass is 10.3. The Balaban J connectivity index is 2.21. The highest BCUT2D eigenvalue weighted by Crippen LogP contribution is 2.25. The van der Waals surface area contributed by atoms with E-state index in [-0.39, 0.29) is 5.91 Å². The number of anilines is 1. The fraction of sp³-hybridized carbons (Fsp3) is 0. The van der Waals surface area contributed by atoms with Crippen molar-refractivity contribution < 1.29 is 4.79 Å². The van der Waals surface area contributed by atoms with Gasteiger partial charge in [-0.2, -0.15) is 0 Å². The monoisotopic (exact) mass is 498 g/mol. The molecule has 0 aliphatic rings. The van der Waals surface area contributed by atoms with Gasteiger partial charge in [-0.25, -0.2) is 0 Å². The largest absolute Gasteiger partial charge is 0.344 e. The summed E-state index contributed by atoms with van der Waals surface area (Å²) in [6.45, 7) is 0. The number of carbonyl (C=O) groups excluding carboxylic acids is 1. The quantitative estimate of drug-likeness (QED) is 0.575. The summed E-state index contributed by atoms with van der Waals surface area (Å²) in [5, 5.41) is 2.81. The van der Waals surface area contributed by atoms with Crippen LogP contribution in [0.5, 0.6) is 0 Å². The van der Waals surface area contributed by atoms with Gasteiger partial charge in [0.25, 0.3) is 5.91 Å². The normalized spacial score (nSPS) is 10.4. The Morgan fingerprint density at radius 1 is 1.00 bits per heavy atom. The van der Waals surface area contributed by atoms with Crippen LogP contribution in [0.1, 0.15) is 10.5 Å². The molecule has 18 heavy (non-hydrogen) atoms. The SMILES string of the molecule is O=C(Nc1cc(Br)cc(Br)c1)c1cc(Br)c(Br)[nH]1. The van der Waals surface area contributed by atoms with E-state index in [1.54, 1.807) is 6.07 Å². The lowest BCUT2D eigenvalue weighted by molar-refractivity contribution is 0.102. The Kier molecular flexibility index (Phi) is 4.69. The minimum Gasteiger partial charge on any atom is -0.344 e. The molecule has 94 valence electrons. The van der Waals surface area contributed by atoms with Crippen molar-refractivity contribution in [2.45, 2.75) is 0 Å². The van der Waals surface area contributed by atoms with Gasteiger partial charge in [0.05, 0.1) is 9.08 Å². The minimum atomic E-state index is -0.202. The van der Waals surface area contributed by atoms with Gasteiger partial charge in [-0.15, -0.1) is 0 Å². The van der Waals surface area contributed by atoms with E-state index < -0.39 is 0 Å². The number of hydrogen-bond acceptors (Lipinski definition) is 1. The smallest absolute Gasteiger partial charge is 0.272 e. The summed E-state index contributed by atoms with van der Waals surface area (Å²) in [6, 6.07) is 7.27. The van der Waals surface area contributed by atoms with Crippen molar-refractivity contribution >= 4 is 75.3 Å². The summed E-state index contributed by atoms with van der Waals surface area (Å²) in [5.41, 5.74) is 1.19. The molecule has 0 fully saturated rings. The predicted octanol–water partition coefficient (Wildman–Crippen LogP) is 5.32. The maximum Gasteiger partial charge on any atom is 0.272 e. The van der Waals surface area contributed by atoms with Crippen molar-refractivity contribution in [2.75, 3.05) is 5.32 Å². The van der Waals surface area contributed by atoms with E-state index in [1.807, 2.05) is 18.2 Å². The second kappa shape index (κ2) is 5.90. The topological polar surface area (TPSA) is 44.9 Å². The summed E-state index contributed by atoms with van der Waals surface area (Å²) >= 11 is 13.4. The van der Waals surface area contributed by atoms with Crippen molar-refractivity contribution in [1.29, 1.82) is 0 Å². The fourth-order valence-electron chi connectivity index (χ4n) is 1.35. The summed E-state index contributed by atoms with van der Waals surface area (Å²) in [6.07, 6.45) is 0. The average molecular weight is 502 g/mol. The van der Waals surface area contributed by atoms with Crippen LogP contribution in [0.4, 0.5) is 5.69 Å². The first-order chi connectivity index (χ1) is 8.45. The first-order valence-electron chi connectivity index (χ1n) is 4.77. The Labute approximate surface area is 137 Å². The van der Waals surface area contributed by atoms with Gasteiger partial charge < -0.3 is 10.3 Å². The highest BCUT2D eigenvalue weighted by molar-refractivity contribution is 9.13. The van der Waals surface area contributed by atoms with Crippen LogP contribution in [0.25, 0.3) is 0 Å². The first kappa shape index (κ1) is 14.3. The van der Waals surface area contributed by atoms with E-state index in [9.17, 15) is 4.79 Å². The fourth-order valence-corrected chi connectivity index (χ4v) is 3.30. The number of aromatic nitrogens is 1. The van der Waals surface area contributed by atoms with Crippen molar-refractivity contribution in [3.63, 3.8) is 0 Å². The lowest BCUT2D eigenvalue weighted by Crippen LogP contribution is -2.12. The van der Waals surface area contributed by atoms with Crippen molar-refractivity contribution in [1.82, 2.24) is 4.98 Å². The zero-order valence-corrected chi connectivity index (χ0v) is 15.1. The second-order valence-corrected chi connectivity index (χ2v) is 6.94. The number of amides is 1. The molecule has 1 aromatic carbocycles. The molecular formula is C11H6Br4N2O. The van der Waals surface area contributed by atoms with E-state index in [0.29, 0.717) is 11.4 Å². The highest BCUT2D eigenvalue weighted by atomic mass is 79.9. The predicted molar refractivity (Wildman–Crippen MR) is 86.0 cm³/mol. The zero-order valence-electron chi connectivity index (χ0n) is 8.73. The first-order valence-corrected chi connectivity index (χ1v) is 7.94. The van der Waals surface area contributed by atoms with Gasteiger partial charge in [0.1, 0.15) is 5.69 Å². The molecule has 0 saturated heterocycles. The molecule has 0 unspecified atom stereocenters. The standard InChI is InChI=1S/C11H6Br4N2O/c12-5-1-6(13)3-7(2-5)16-11(18)9-4-8(14)10(15)17-9/h1-4,17H,(H,16,18). The lowest BCUT2D eigenvalue weighted by Gasteiger charge is -2.05.